The number of fused-ring (bicyclic) bond motifs is 1. The lowest BCUT2D eigenvalue weighted by Crippen LogP contribution is -2.40. The van der Waals surface area contributed by atoms with Crippen LogP contribution >= 0.6 is 23.6 Å². The molecule has 0 saturated carbocycles. The summed E-state index contributed by atoms with van der Waals surface area (Å²) in [6.07, 6.45) is 4.08. The first-order chi connectivity index (χ1) is 15.6. The number of anilines is 2. The first-order valence-electron chi connectivity index (χ1n) is 10.9. The molecule has 1 fully saturated rings. The number of benzene rings is 1. The Labute approximate surface area is 197 Å². The number of hydrogen-bond acceptors (Lipinski definition) is 6. The molecule has 170 valence electrons. The Morgan fingerprint density at radius 1 is 1.12 bits per heavy atom. The highest BCUT2D eigenvalue weighted by Gasteiger charge is 2.27. The summed E-state index contributed by atoms with van der Waals surface area (Å²) >= 11 is 7.08. The zero-order chi connectivity index (χ0) is 22.5. The summed E-state index contributed by atoms with van der Waals surface area (Å²) in [5.74, 6) is -0.299. The maximum absolute atomic E-state index is 12.6. The van der Waals surface area contributed by atoms with Gasteiger partial charge >= 0.3 is 5.97 Å². The second kappa shape index (κ2) is 10.4. The summed E-state index contributed by atoms with van der Waals surface area (Å²) in [6, 6.07) is 7.23. The summed E-state index contributed by atoms with van der Waals surface area (Å²) in [6.45, 7) is 4.52. The normalized spacial score (nSPS) is 15.6. The largest absolute Gasteiger partial charge is 0.462 e. The molecule has 0 unspecified atom stereocenters. The summed E-state index contributed by atoms with van der Waals surface area (Å²) in [5.41, 5.74) is 3.10. The SMILES string of the molecule is CCOC(=O)c1c(NC(=S)Nc2ccc(C(=O)N3CCOCC3)cc2)sc2c1CCCC2. The number of thiocarbonyl (C=S) groups is 1. The molecule has 0 spiro atoms. The van der Waals surface area contributed by atoms with E-state index in [0.717, 1.165) is 41.9 Å². The first kappa shape index (κ1) is 22.7. The number of ether oxygens (including phenoxy) is 2. The third-order valence-corrected chi connectivity index (χ3v) is 6.98. The van der Waals surface area contributed by atoms with Gasteiger partial charge in [0.25, 0.3) is 5.91 Å². The van der Waals surface area contributed by atoms with Crippen LogP contribution in [-0.4, -0.2) is 54.8 Å². The lowest BCUT2D eigenvalue weighted by molar-refractivity contribution is 0.0303. The fraction of sp³-hybridized carbons (Fsp3) is 0.435. The molecule has 1 saturated heterocycles. The van der Waals surface area contributed by atoms with Gasteiger partial charge in [-0.1, -0.05) is 0 Å². The molecule has 1 aliphatic carbocycles. The Kier molecular flexibility index (Phi) is 7.39. The average Bonchev–Trinajstić information content (AvgIpc) is 3.17. The van der Waals surface area contributed by atoms with Gasteiger partial charge in [0.15, 0.2) is 5.11 Å². The summed E-state index contributed by atoms with van der Waals surface area (Å²) < 4.78 is 10.6. The minimum Gasteiger partial charge on any atom is -0.462 e. The van der Waals surface area contributed by atoms with Crippen LogP contribution in [0.5, 0.6) is 0 Å². The van der Waals surface area contributed by atoms with E-state index in [2.05, 4.69) is 10.6 Å². The van der Waals surface area contributed by atoms with Crippen LogP contribution < -0.4 is 10.6 Å². The van der Waals surface area contributed by atoms with Gasteiger partial charge in [-0.3, -0.25) is 4.79 Å². The summed E-state index contributed by atoms with van der Waals surface area (Å²) in [4.78, 5) is 28.2. The van der Waals surface area contributed by atoms with Crippen molar-refractivity contribution in [2.75, 3.05) is 43.5 Å². The van der Waals surface area contributed by atoms with Crippen molar-refractivity contribution in [2.24, 2.45) is 0 Å². The molecule has 9 heteroatoms. The van der Waals surface area contributed by atoms with Crippen molar-refractivity contribution in [3.63, 3.8) is 0 Å². The molecule has 7 nitrogen and oxygen atoms in total. The van der Waals surface area contributed by atoms with Gasteiger partial charge in [-0.15, -0.1) is 11.3 Å². The van der Waals surface area contributed by atoms with E-state index in [1.54, 1.807) is 28.4 Å². The molecular formula is C23H27N3O4S2. The molecule has 2 heterocycles. The highest BCUT2D eigenvalue weighted by Crippen LogP contribution is 2.38. The molecule has 32 heavy (non-hydrogen) atoms. The molecule has 0 radical (unpaired) electrons. The number of amides is 1. The van der Waals surface area contributed by atoms with Crippen LogP contribution in [0.3, 0.4) is 0 Å². The monoisotopic (exact) mass is 473 g/mol. The molecule has 2 aromatic rings. The van der Waals surface area contributed by atoms with E-state index in [4.69, 9.17) is 21.7 Å². The number of nitrogens with one attached hydrogen (secondary N) is 2. The van der Waals surface area contributed by atoms with Gasteiger partial charge in [-0.05, 0) is 74.7 Å². The van der Waals surface area contributed by atoms with E-state index in [1.165, 1.54) is 4.88 Å². The van der Waals surface area contributed by atoms with E-state index in [1.807, 2.05) is 19.1 Å². The Bertz CT molecular complexity index is 997. The van der Waals surface area contributed by atoms with Crippen molar-refractivity contribution >= 4 is 51.2 Å². The predicted molar refractivity (Wildman–Crippen MR) is 130 cm³/mol. The van der Waals surface area contributed by atoms with E-state index >= 15 is 0 Å². The van der Waals surface area contributed by atoms with Crippen molar-refractivity contribution in [3.05, 3.63) is 45.8 Å². The predicted octanol–water partition coefficient (Wildman–Crippen LogP) is 4.08. The number of hydrogen-bond donors (Lipinski definition) is 2. The average molecular weight is 474 g/mol. The summed E-state index contributed by atoms with van der Waals surface area (Å²) in [5, 5.41) is 7.46. The molecule has 4 rings (SSSR count). The van der Waals surface area contributed by atoms with Crippen LogP contribution in [0.15, 0.2) is 24.3 Å². The lowest BCUT2D eigenvalue weighted by atomic mass is 9.95. The number of esters is 1. The Hall–Kier alpha value is -2.49. The van der Waals surface area contributed by atoms with Crippen molar-refractivity contribution in [1.82, 2.24) is 4.90 Å². The molecule has 0 bridgehead atoms. The number of morpholine rings is 1. The van der Waals surface area contributed by atoms with Gasteiger partial charge in [-0.25, -0.2) is 4.79 Å². The molecule has 1 aromatic carbocycles. The molecular weight excluding hydrogens is 446 g/mol. The number of rotatable bonds is 5. The van der Waals surface area contributed by atoms with Crippen molar-refractivity contribution in [2.45, 2.75) is 32.6 Å². The van der Waals surface area contributed by atoms with Crippen LogP contribution in [0.1, 0.15) is 50.9 Å². The van der Waals surface area contributed by atoms with Gasteiger partial charge < -0.3 is 25.0 Å². The number of nitrogens with zero attached hydrogens (tertiary/aromatic N) is 1. The van der Waals surface area contributed by atoms with Gasteiger partial charge in [0.05, 0.1) is 25.4 Å². The first-order valence-corrected chi connectivity index (χ1v) is 12.2. The smallest absolute Gasteiger partial charge is 0.341 e. The fourth-order valence-electron chi connectivity index (χ4n) is 3.98. The highest BCUT2D eigenvalue weighted by atomic mass is 32.1. The Morgan fingerprint density at radius 2 is 1.84 bits per heavy atom. The van der Waals surface area contributed by atoms with Crippen molar-refractivity contribution in [1.29, 1.82) is 0 Å². The standard InChI is InChI=1S/C23H27N3O4S2/c1-2-30-22(28)19-17-5-3-4-6-18(17)32-20(19)25-23(31)24-16-9-7-15(8-10-16)21(27)26-11-13-29-14-12-26/h7-10H,2-6,11-14H2,1H3,(H2,24,25,31). The van der Waals surface area contributed by atoms with Crippen molar-refractivity contribution < 1.29 is 19.1 Å². The maximum Gasteiger partial charge on any atom is 0.341 e. The molecule has 0 atom stereocenters. The fourth-order valence-corrected chi connectivity index (χ4v) is 5.55. The number of carbonyl (C=O) groups excluding carboxylic acids is 2. The topological polar surface area (TPSA) is 79.9 Å². The molecule has 1 amide bonds. The van der Waals surface area contributed by atoms with Gasteiger partial charge in [0.2, 0.25) is 0 Å². The number of thiophene rings is 1. The lowest BCUT2D eigenvalue weighted by Gasteiger charge is -2.26. The van der Waals surface area contributed by atoms with Crippen LogP contribution in [0.25, 0.3) is 0 Å². The summed E-state index contributed by atoms with van der Waals surface area (Å²) in [7, 11) is 0. The van der Waals surface area contributed by atoms with Crippen LogP contribution in [-0.2, 0) is 22.3 Å². The van der Waals surface area contributed by atoms with E-state index < -0.39 is 0 Å². The number of carbonyl (C=O) groups is 2. The zero-order valence-electron chi connectivity index (χ0n) is 18.1. The minimum atomic E-state index is -0.303. The third-order valence-electron chi connectivity index (χ3n) is 5.57. The van der Waals surface area contributed by atoms with Crippen LogP contribution in [0.4, 0.5) is 10.7 Å². The minimum absolute atomic E-state index is 0.00351. The molecule has 2 aliphatic rings. The van der Waals surface area contributed by atoms with Crippen LogP contribution in [0.2, 0.25) is 0 Å². The zero-order valence-corrected chi connectivity index (χ0v) is 19.7. The Balaban J connectivity index is 1.43. The van der Waals surface area contributed by atoms with E-state index in [-0.39, 0.29) is 11.9 Å². The van der Waals surface area contributed by atoms with E-state index in [0.29, 0.717) is 49.1 Å². The van der Waals surface area contributed by atoms with Gasteiger partial charge in [-0.2, -0.15) is 0 Å². The van der Waals surface area contributed by atoms with Crippen LogP contribution in [0, 0.1) is 0 Å². The number of aryl methyl sites for hydroxylation is 1. The quantitative estimate of drug-likeness (QED) is 0.500. The van der Waals surface area contributed by atoms with Gasteiger partial charge in [0, 0.05) is 29.2 Å². The maximum atomic E-state index is 12.6. The van der Waals surface area contributed by atoms with Crippen molar-refractivity contribution in [3.8, 4) is 0 Å². The molecule has 2 N–H and O–H groups in total. The molecule has 1 aliphatic heterocycles. The molecule has 1 aromatic heterocycles. The van der Waals surface area contributed by atoms with Gasteiger partial charge in [0.1, 0.15) is 5.00 Å². The Morgan fingerprint density at radius 3 is 2.56 bits per heavy atom. The third kappa shape index (κ3) is 5.11. The second-order valence-electron chi connectivity index (χ2n) is 7.70. The second-order valence-corrected chi connectivity index (χ2v) is 9.21. The highest BCUT2D eigenvalue weighted by molar-refractivity contribution is 7.80. The van der Waals surface area contributed by atoms with E-state index in [9.17, 15) is 9.59 Å².